The van der Waals surface area contributed by atoms with Crippen molar-refractivity contribution in [2.24, 2.45) is 0 Å². The van der Waals surface area contributed by atoms with Crippen molar-refractivity contribution < 1.29 is 9.53 Å². The lowest BCUT2D eigenvalue weighted by Gasteiger charge is -2.18. The first-order valence-corrected chi connectivity index (χ1v) is 11.4. The van der Waals surface area contributed by atoms with Crippen LogP contribution in [0.2, 0.25) is 0 Å². The van der Waals surface area contributed by atoms with Crippen LogP contribution in [0, 0.1) is 0 Å². The fourth-order valence-electron chi connectivity index (χ4n) is 3.74. The number of aromatic nitrogens is 2. The molecular formula is C24H26N2O3S. The lowest BCUT2D eigenvalue weighted by atomic mass is 10.1. The number of carbonyl (C=O) groups excluding carboxylic acids is 1. The van der Waals surface area contributed by atoms with Gasteiger partial charge >= 0.3 is 0 Å². The van der Waals surface area contributed by atoms with Gasteiger partial charge < -0.3 is 4.74 Å². The predicted molar refractivity (Wildman–Crippen MR) is 120 cm³/mol. The van der Waals surface area contributed by atoms with Gasteiger partial charge in [-0.05, 0) is 43.9 Å². The van der Waals surface area contributed by atoms with Crippen molar-refractivity contribution >= 4 is 28.4 Å². The molecule has 3 aromatic rings. The number of hydrogen-bond acceptors (Lipinski definition) is 5. The highest BCUT2D eigenvalue weighted by Gasteiger charge is 2.23. The molecule has 0 aliphatic carbocycles. The molecule has 0 bridgehead atoms. The maximum atomic E-state index is 13.2. The van der Waals surface area contributed by atoms with Gasteiger partial charge in [-0.1, -0.05) is 55.1 Å². The van der Waals surface area contributed by atoms with E-state index in [1.54, 1.807) is 10.6 Å². The van der Waals surface area contributed by atoms with E-state index < -0.39 is 0 Å². The summed E-state index contributed by atoms with van der Waals surface area (Å²) < 4.78 is 7.45. The molecule has 5 nitrogen and oxygen atoms in total. The summed E-state index contributed by atoms with van der Waals surface area (Å²) in [6.45, 7) is 5.16. The van der Waals surface area contributed by atoms with Gasteiger partial charge in [0.25, 0.3) is 5.56 Å². The summed E-state index contributed by atoms with van der Waals surface area (Å²) in [5, 5.41) is 0.801. The average Bonchev–Trinajstić information content (AvgIpc) is 3.29. The molecule has 2 aromatic carbocycles. The Morgan fingerprint density at radius 3 is 2.70 bits per heavy atom. The van der Waals surface area contributed by atoms with Crippen LogP contribution in [0.4, 0.5) is 0 Å². The Morgan fingerprint density at radius 2 is 2.00 bits per heavy atom. The van der Waals surface area contributed by atoms with Crippen molar-refractivity contribution in [1.29, 1.82) is 0 Å². The highest BCUT2D eigenvalue weighted by atomic mass is 32.2. The fraction of sp³-hybridized carbons (Fsp3) is 0.375. The first-order valence-electron chi connectivity index (χ1n) is 10.5. The van der Waals surface area contributed by atoms with E-state index in [0.717, 1.165) is 25.9 Å². The molecule has 1 aliphatic rings. The Bertz CT molecular complexity index is 1100. The summed E-state index contributed by atoms with van der Waals surface area (Å²) in [6, 6.07) is 15.1. The minimum atomic E-state index is -0.360. The van der Waals surface area contributed by atoms with E-state index in [1.165, 1.54) is 17.3 Å². The quantitative estimate of drug-likeness (QED) is 0.319. The standard InChI is InChI=1S/C24H26N2O3S/c1-3-17-10-12-18(13-11-17)22(27)16(2)30-24-25-21-9-5-4-8-20(21)23(28)26(24)15-19-7-6-14-29-19/h4-5,8-13,16,19H,3,6-7,14-15H2,1-2H3/t16-,19-/m1/s1. The zero-order chi connectivity index (χ0) is 21.1. The molecule has 4 rings (SSSR count). The van der Waals surface area contributed by atoms with Crippen LogP contribution in [-0.4, -0.2) is 33.3 Å². The van der Waals surface area contributed by atoms with Crippen LogP contribution in [0.5, 0.6) is 0 Å². The molecule has 0 radical (unpaired) electrons. The fourth-order valence-corrected chi connectivity index (χ4v) is 4.74. The molecule has 2 heterocycles. The van der Waals surface area contributed by atoms with Crippen LogP contribution in [0.25, 0.3) is 10.9 Å². The Balaban J connectivity index is 1.65. The summed E-state index contributed by atoms with van der Waals surface area (Å²) in [4.78, 5) is 30.9. The monoisotopic (exact) mass is 422 g/mol. The second-order valence-electron chi connectivity index (χ2n) is 7.64. The number of fused-ring (bicyclic) bond motifs is 1. The van der Waals surface area contributed by atoms with Gasteiger partial charge in [0.05, 0.1) is 28.8 Å². The minimum absolute atomic E-state index is 0.0117. The number of rotatable bonds is 7. The average molecular weight is 423 g/mol. The molecule has 2 atom stereocenters. The predicted octanol–water partition coefficient (Wildman–Crippen LogP) is 4.50. The zero-order valence-electron chi connectivity index (χ0n) is 17.3. The van der Waals surface area contributed by atoms with Crippen molar-refractivity contribution in [1.82, 2.24) is 9.55 Å². The first-order chi connectivity index (χ1) is 14.6. The number of ketones is 1. The third kappa shape index (κ3) is 4.35. The van der Waals surface area contributed by atoms with Crippen molar-refractivity contribution in [3.63, 3.8) is 0 Å². The van der Waals surface area contributed by atoms with Crippen LogP contribution in [0.15, 0.2) is 58.5 Å². The second kappa shape index (κ2) is 9.14. The maximum absolute atomic E-state index is 13.2. The van der Waals surface area contributed by atoms with Crippen LogP contribution in [-0.2, 0) is 17.7 Å². The largest absolute Gasteiger partial charge is 0.376 e. The van der Waals surface area contributed by atoms with E-state index in [4.69, 9.17) is 9.72 Å². The van der Waals surface area contributed by atoms with Crippen molar-refractivity contribution in [3.05, 3.63) is 70.0 Å². The Hall–Kier alpha value is -2.44. The van der Waals surface area contributed by atoms with Gasteiger partial charge in [-0.3, -0.25) is 14.2 Å². The van der Waals surface area contributed by atoms with Crippen molar-refractivity contribution in [2.45, 2.75) is 56.2 Å². The normalized spacial score (nSPS) is 17.3. The number of thioether (sulfide) groups is 1. The molecule has 0 unspecified atom stereocenters. The number of benzene rings is 2. The third-order valence-electron chi connectivity index (χ3n) is 5.53. The van der Waals surface area contributed by atoms with Gasteiger partial charge in [-0.2, -0.15) is 0 Å². The highest BCUT2D eigenvalue weighted by Crippen LogP contribution is 2.26. The van der Waals surface area contributed by atoms with Crippen LogP contribution < -0.4 is 5.56 Å². The molecular weight excluding hydrogens is 396 g/mol. The SMILES string of the molecule is CCc1ccc(C(=O)[C@@H](C)Sc2nc3ccccc3c(=O)n2C[C@H]2CCCO2)cc1. The Kier molecular flexibility index (Phi) is 6.35. The van der Waals surface area contributed by atoms with Crippen LogP contribution >= 0.6 is 11.8 Å². The van der Waals surface area contributed by atoms with E-state index in [2.05, 4.69) is 6.92 Å². The zero-order valence-corrected chi connectivity index (χ0v) is 18.2. The molecule has 0 saturated carbocycles. The van der Waals surface area contributed by atoms with Gasteiger partial charge in [0.2, 0.25) is 0 Å². The molecule has 1 aliphatic heterocycles. The van der Waals surface area contributed by atoms with Crippen molar-refractivity contribution in [3.8, 4) is 0 Å². The number of hydrogen-bond donors (Lipinski definition) is 0. The summed E-state index contributed by atoms with van der Waals surface area (Å²) in [7, 11) is 0. The van der Waals surface area contributed by atoms with E-state index in [-0.39, 0.29) is 22.7 Å². The van der Waals surface area contributed by atoms with Crippen LogP contribution in [0.3, 0.4) is 0 Å². The molecule has 1 aromatic heterocycles. The molecule has 1 saturated heterocycles. The minimum Gasteiger partial charge on any atom is -0.376 e. The summed E-state index contributed by atoms with van der Waals surface area (Å²) in [5.41, 5.74) is 2.46. The molecule has 0 spiro atoms. The van der Waals surface area contributed by atoms with Gasteiger partial charge in [-0.25, -0.2) is 4.98 Å². The number of carbonyl (C=O) groups is 1. The molecule has 30 heavy (non-hydrogen) atoms. The Labute approximate surface area is 180 Å². The Morgan fingerprint density at radius 1 is 1.23 bits per heavy atom. The van der Waals surface area contributed by atoms with Gasteiger partial charge in [0.1, 0.15) is 0 Å². The third-order valence-corrected chi connectivity index (χ3v) is 6.63. The maximum Gasteiger partial charge on any atom is 0.262 e. The summed E-state index contributed by atoms with van der Waals surface area (Å²) in [5.74, 6) is 0.0359. The number of aryl methyl sites for hydroxylation is 1. The molecule has 1 fully saturated rings. The van der Waals surface area contributed by atoms with E-state index in [0.29, 0.717) is 28.2 Å². The number of ether oxygens (including phenoxy) is 1. The number of nitrogens with zero attached hydrogens (tertiary/aromatic N) is 2. The van der Waals surface area contributed by atoms with E-state index in [9.17, 15) is 9.59 Å². The van der Waals surface area contributed by atoms with E-state index >= 15 is 0 Å². The van der Waals surface area contributed by atoms with Gasteiger partial charge in [-0.15, -0.1) is 0 Å². The molecule has 0 N–H and O–H groups in total. The topological polar surface area (TPSA) is 61.2 Å². The lowest BCUT2D eigenvalue weighted by molar-refractivity contribution is 0.0937. The van der Waals surface area contributed by atoms with Gasteiger partial charge in [0, 0.05) is 12.2 Å². The number of para-hydroxylation sites is 1. The van der Waals surface area contributed by atoms with Crippen LogP contribution in [0.1, 0.15) is 42.6 Å². The lowest BCUT2D eigenvalue weighted by Crippen LogP contribution is -2.29. The summed E-state index contributed by atoms with van der Waals surface area (Å²) >= 11 is 1.34. The summed E-state index contributed by atoms with van der Waals surface area (Å²) in [6.07, 6.45) is 2.89. The molecule has 156 valence electrons. The molecule has 0 amide bonds. The highest BCUT2D eigenvalue weighted by molar-refractivity contribution is 8.00. The van der Waals surface area contributed by atoms with E-state index in [1.807, 2.05) is 49.4 Å². The smallest absolute Gasteiger partial charge is 0.262 e. The first kappa shape index (κ1) is 20.8. The van der Waals surface area contributed by atoms with Gasteiger partial charge in [0.15, 0.2) is 10.9 Å². The second-order valence-corrected chi connectivity index (χ2v) is 8.95. The number of Topliss-reactive ketones (excluding diaryl/α,β-unsaturated/α-hetero) is 1. The molecule has 6 heteroatoms. The van der Waals surface area contributed by atoms with Crippen molar-refractivity contribution in [2.75, 3.05) is 6.61 Å².